The van der Waals surface area contributed by atoms with Crippen LogP contribution in [0.5, 0.6) is 0 Å². The SMILES string of the molecule is CCc1ccc(C(CO)NC2CCN(C(C)=O)CC2)cc1. The molecule has 1 aliphatic rings. The number of carbonyl (C=O) groups excluding carboxylic acids is 1. The Morgan fingerprint density at radius 1 is 1.33 bits per heavy atom. The smallest absolute Gasteiger partial charge is 0.219 e. The van der Waals surface area contributed by atoms with Crippen molar-refractivity contribution in [1.82, 2.24) is 10.2 Å². The molecule has 1 heterocycles. The molecule has 0 spiro atoms. The van der Waals surface area contributed by atoms with Crippen LogP contribution in [0.4, 0.5) is 0 Å². The highest BCUT2D eigenvalue weighted by molar-refractivity contribution is 5.73. The fraction of sp³-hybridized carbons (Fsp3) is 0.588. The first-order valence-electron chi connectivity index (χ1n) is 7.85. The van der Waals surface area contributed by atoms with Gasteiger partial charge in [0.2, 0.25) is 5.91 Å². The zero-order valence-corrected chi connectivity index (χ0v) is 13.0. The summed E-state index contributed by atoms with van der Waals surface area (Å²) in [5.41, 5.74) is 2.44. The highest BCUT2D eigenvalue weighted by Crippen LogP contribution is 2.18. The molecule has 1 aliphatic heterocycles. The van der Waals surface area contributed by atoms with Gasteiger partial charge in [-0.05, 0) is 30.4 Å². The van der Waals surface area contributed by atoms with Crippen LogP contribution in [-0.4, -0.2) is 41.7 Å². The average Bonchev–Trinajstić information content (AvgIpc) is 2.53. The Balaban J connectivity index is 1.91. The lowest BCUT2D eigenvalue weighted by Gasteiger charge is -2.34. The second-order valence-electron chi connectivity index (χ2n) is 5.78. The highest BCUT2D eigenvalue weighted by atomic mass is 16.3. The molecule has 1 aromatic carbocycles. The third kappa shape index (κ3) is 4.29. The van der Waals surface area contributed by atoms with Crippen molar-refractivity contribution in [3.05, 3.63) is 35.4 Å². The largest absolute Gasteiger partial charge is 0.394 e. The molecule has 1 atom stereocenters. The fourth-order valence-corrected chi connectivity index (χ4v) is 2.89. The summed E-state index contributed by atoms with van der Waals surface area (Å²) < 4.78 is 0. The van der Waals surface area contributed by atoms with Gasteiger partial charge in [-0.25, -0.2) is 0 Å². The van der Waals surface area contributed by atoms with E-state index in [9.17, 15) is 9.90 Å². The van der Waals surface area contributed by atoms with Gasteiger partial charge in [-0.2, -0.15) is 0 Å². The van der Waals surface area contributed by atoms with Crippen LogP contribution in [0.3, 0.4) is 0 Å². The first-order valence-corrected chi connectivity index (χ1v) is 7.85. The number of likely N-dealkylation sites (tertiary alicyclic amines) is 1. The molecular weight excluding hydrogens is 264 g/mol. The summed E-state index contributed by atoms with van der Waals surface area (Å²) in [6, 6.07) is 8.78. The van der Waals surface area contributed by atoms with E-state index >= 15 is 0 Å². The van der Waals surface area contributed by atoms with Gasteiger partial charge in [0, 0.05) is 26.1 Å². The summed E-state index contributed by atoms with van der Waals surface area (Å²) in [6.45, 7) is 5.47. The van der Waals surface area contributed by atoms with Crippen LogP contribution < -0.4 is 5.32 Å². The van der Waals surface area contributed by atoms with Gasteiger partial charge >= 0.3 is 0 Å². The minimum Gasteiger partial charge on any atom is -0.394 e. The number of hydrogen-bond donors (Lipinski definition) is 2. The lowest BCUT2D eigenvalue weighted by atomic mass is 10.00. The summed E-state index contributed by atoms with van der Waals surface area (Å²) in [5, 5.41) is 13.2. The van der Waals surface area contributed by atoms with Crippen molar-refractivity contribution < 1.29 is 9.90 Å². The summed E-state index contributed by atoms with van der Waals surface area (Å²) in [6.07, 6.45) is 2.92. The minimum atomic E-state index is -0.0233. The Hall–Kier alpha value is -1.39. The van der Waals surface area contributed by atoms with Crippen molar-refractivity contribution in [2.75, 3.05) is 19.7 Å². The quantitative estimate of drug-likeness (QED) is 0.870. The topological polar surface area (TPSA) is 52.6 Å². The maximum Gasteiger partial charge on any atom is 0.219 e. The van der Waals surface area contributed by atoms with Crippen LogP contribution in [0.1, 0.15) is 43.9 Å². The summed E-state index contributed by atoms with van der Waals surface area (Å²) in [5.74, 6) is 0.155. The number of aliphatic hydroxyl groups is 1. The number of amides is 1. The molecule has 4 heteroatoms. The molecule has 4 nitrogen and oxygen atoms in total. The van der Waals surface area contributed by atoms with Gasteiger partial charge in [0.1, 0.15) is 0 Å². The van der Waals surface area contributed by atoms with Crippen molar-refractivity contribution in [2.24, 2.45) is 0 Å². The van der Waals surface area contributed by atoms with Crippen LogP contribution in [0.15, 0.2) is 24.3 Å². The standard InChI is InChI=1S/C17H26N2O2/c1-3-14-4-6-15(7-5-14)17(12-20)18-16-8-10-19(11-9-16)13(2)21/h4-7,16-18,20H,3,8-12H2,1-2H3. The van der Waals surface area contributed by atoms with Crippen molar-refractivity contribution in [2.45, 2.75) is 45.2 Å². The number of aryl methyl sites for hydroxylation is 1. The number of rotatable bonds is 5. The normalized spacial score (nSPS) is 17.8. The minimum absolute atomic E-state index is 0.0233. The van der Waals surface area contributed by atoms with E-state index < -0.39 is 0 Å². The number of hydrogen-bond acceptors (Lipinski definition) is 3. The molecule has 0 aliphatic carbocycles. The molecular formula is C17H26N2O2. The Bertz CT molecular complexity index is 450. The Morgan fingerprint density at radius 2 is 1.95 bits per heavy atom. The lowest BCUT2D eigenvalue weighted by Crippen LogP contribution is -2.45. The van der Waals surface area contributed by atoms with E-state index in [1.165, 1.54) is 5.56 Å². The molecule has 116 valence electrons. The van der Waals surface area contributed by atoms with E-state index in [0.717, 1.165) is 37.9 Å². The first-order chi connectivity index (χ1) is 10.1. The molecule has 2 rings (SSSR count). The second-order valence-corrected chi connectivity index (χ2v) is 5.78. The van der Waals surface area contributed by atoms with Crippen LogP contribution in [0, 0.1) is 0 Å². The van der Waals surface area contributed by atoms with E-state index in [1.54, 1.807) is 6.92 Å². The predicted molar refractivity (Wildman–Crippen MR) is 84.1 cm³/mol. The molecule has 0 aromatic heterocycles. The van der Waals surface area contributed by atoms with E-state index in [2.05, 4.69) is 36.5 Å². The van der Waals surface area contributed by atoms with Crippen molar-refractivity contribution in [3.63, 3.8) is 0 Å². The van der Waals surface area contributed by atoms with Crippen LogP contribution in [0.25, 0.3) is 0 Å². The molecule has 21 heavy (non-hydrogen) atoms. The second kappa shape index (κ2) is 7.57. The number of nitrogens with one attached hydrogen (secondary N) is 1. The number of benzene rings is 1. The van der Waals surface area contributed by atoms with Crippen LogP contribution in [0.2, 0.25) is 0 Å². The highest BCUT2D eigenvalue weighted by Gasteiger charge is 2.23. The maximum atomic E-state index is 11.3. The Morgan fingerprint density at radius 3 is 2.43 bits per heavy atom. The van der Waals surface area contributed by atoms with Crippen molar-refractivity contribution in [1.29, 1.82) is 0 Å². The molecule has 1 unspecified atom stereocenters. The number of carbonyl (C=O) groups is 1. The molecule has 2 N–H and O–H groups in total. The number of piperidine rings is 1. The third-order valence-electron chi connectivity index (χ3n) is 4.35. The summed E-state index contributed by atoms with van der Waals surface area (Å²) >= 11 is 0. The van der Waals surface area contributed by atoms with Gasteiger partial charge in [0.05, 0.1) is 12.6 Å². The molecule has 1 saturated heterocycles. The Labute approximate surface area is 127 Å². The number of aliphatic hydroxyl groups excluding tert-OH is 1. The van der Waals surface area contributed by atoms with Gasteiger partial charge in [-0.1, -0.05) is 31.2 Å². The van der Waals surface area contributed by atoms with E-state index in [0.29, 0.717) is 6.04 Å². The fourth-order valence-electron chi connectivity index (χ4n) is 2.89. The van der Waals surface area contributed by atoms with E-state index in [1.807, 2.05) is 4.90 Å². The molecule has 1 fully saturated rings. The molecule has 0 radical (unpaired) electrons. The molecule has 1 amide bonds. The predicted octanol–water partition coefficient (Wildman–Crippen LogP) is 1.88. The van der Waals surface area contributed by atoms with Crippen molar-refractivity contribution in [3.8, 4) is 0 Å². The third-order valence-corrected chi connectivity index (χ3v) is 4.35. The van der Waals surface area contributed by atoms with Gasteiger partial charge in [-0.15, -0.1) is 0 Å². The summed E-state index contributed by atoms with van der Waals surface area (Å²) in [4.78, 5) is 13.2. The monoisotopic (exact) mass is 290 g/mol. The zero-order valence-electron chi connectivity index (χ0n) is 13.0. The molecule has 1 aromatic rings. The van der Waals surface area contributed by atoms with Crippen LogP contribution >= 0.6 is 0 Å². The maximum absolute atomic E-state index is 11.3. The van der Waals surface area contributed by atoms with Gasteiger partial charge in [0.15, 0.2) is 0 Å². The molecule has 0 bridgehead atoms. The lowest BCUT2D eigenvalue weighted by molar-refractivity contribution is -0.129. The van der Waals surface area contributed by atoms with Gasteiger partial charge in [0.25, 0.3) is 0 Å². The van der Waals surface area contributed by atoms with Crippen molar-refractivity contribution >= 4 is 5.91 Å². The first kappa shape index (κ1) is 16.0. The van der Waals surface area contributed by atoms with Gasteiger partial charge < -0.3 is 15.3 Å². The van der Waals surface area contributed by atoms with E-state index in [-0.39, 0.29) is 18.6 Å². The molecule has 0 saturated carbocycles. The zero-order chi connectivity index (χ0) is 15.2. The summed E-state index contributed by atoms with van der Waals surface area (Å²) in [7, 11) is 0. The van der Waals surface area contributed by atoms with Crippen LogP contribution in [-0.2, 0) is 11.2 Å². The Kier molecular flexibility index (Phi) is 5.76. The van der Waals surface area contributed by atoms with E-state index in [4.69, 9.17) is 0 Å². The van der Waals surface area contributed by atoms with Gasteiger partial charge in [-0.3, -0.25) is 4.79 Å². The number of nitrogens with zero attached hydrogens (tertiary/aromatic N) is 1. The average molecular weight is 290 g/mol.